The number of pyridine rings is 2. The Hall–Kier alpha value is -3.85. The first-order chi connectivity index (χ1) is 15.7. The summed E-state index contributed by atoms with van der Waals surface area (Å²) < 4.78 is 1.50. The molecule has 4 aromatic rings. The maximum Gasteiger partial charge on any atom is 0.266 e. The van der Waals surface area contributed by atoms with Crippen molar-refractivity contribution in [3.63, 3.8) is 0 Å². The molecule has 0 atom stereocenters. The molecule has 9 heteroatoms. The van der Waals surface area contributed by atoms with Gasteiger partial charge in [-0.3, -0.25) is 19.5 Å². The number of nitrogens with one attached hydrogen (secondary N) is 1. The van der Waals surface area contributed by atoms with E-state index in [4.69, 9.17) is 0 Å². The van der Waals surface area contributed by atoms with Crippen molar-refractivity contribution in [3.8, 4) is 11.3 Å². The first kappa shape index (κ1) is 20.1. The highest BCUT2D eigenvalue weighted by molar-refractivity contribution is 6.05. The van der Waals surface area contributed by atoms with Crippen molar-refractivity contribution >= 4 is 16.9 Å². The summed E-state index contributed by atoms with van der Waals surface area (Å²) in [6, 6.07) is 10.8. The lowest BCUT2D eigenvalue weighted by molar-refractivity contribution is 0.0633. The third kappa shape index (κ3) is 4.02. The summed E-state index contributed by atoms with van der Waals surface area (Å²) in [6.45, 7) is 3.98. The van der Waals surface area contributed by atoms with Gasteiger partial charge in [-0.15, -0.1) is 0 Å². The van der Waals surface area contributed by atoms with Crippen molar-refractivity contribution in [3.05, 3.63) is 77.1 Å². The van der Waals surface area contributed by atoms with Crippen LogP contribution in [0.15, 0.2) is 66.0 Å². The van der Waals surface area contributed by atoms with E-state index in [2.05, 4.69) is 25.0 Å². The predicted octanol–water partition coefficient (Wildman–Crippen LogP) is 1.64. The maximum absolute atomic E-state index is 13.0. The molecule has 9 nitrogen and oxygen atoms in total. The van der Waals surface area contributed by atoms with Gasteiger partial charge in [0.15, 0.2) is 0 Å². The molecule has 0 spiro atoms. The Labute approximate surface area is 184 Å². The molecule has 0 aliphatic carbocycles. The average molecular weight is 429 g/mol. The average Bonchev–Trinajstić information content (AvgIpc) is 3.28. The van der Waals surface area contributed by atoms with E-state index in [0.717, 1.165) is 35.4 Å². The summed E-state index contributed by atoms with van der Waals surface area (Å²) >= 11 is 0. The van der Waals surface area contributed by atoms with Gasteiger partial charge >= 0.3 is 0 Å². The molecule has 32 heavy (non-hydrogen) atoms. The summed E-state index contributed by atoms with van der Waals surface area (Å²) in [5.41, 5.74) is 2.85. The van der Waals surface area contributed by atoms with Crippen molar-refractivity contribution in [2.24, 2.45) is 0 Å². The zero-order chi connectivity index (χ0) is 21.9. The number of aromatic amines is 1. The minimum absolute atomic E-state index is 0.0194. The van der Waals surface area contributed by atoms with Gasteiger partial charge in [0.2, 0.25) is 0 Å². The minimum atomic E-state index is -0.126. The number of carbonyl (C=O) groups is 1. The predicted molar refractivity (Wildman–Crippen MR) is 120 cm³/mol. The molecular formula is C23H23N7O2. The van der Waals surface area contributed by atoms with Crippen molar-refractivity contribution in [1.82, 2.24) is 34.5 Å². The first-order valence-electron chi connectivity index (χ1n) is 10.6. The van der Waals surface area contributed by atoms with E-state index in [1.54, 1.807) is 36.9 Å². The Morgan fingerprint density at radius 3 is 2.66 bits per heavy atom. The van der Waals surface area contributed by atoms with Gasteiger partial charge in [0.05, 0.1) is 17.8 Å². The number of carbonyl (C=O) groups excluding carboxylic acids is 1. The fraction of sp³-hybridized carbons (Fsp3) is 0.261. The van der Waals surface area contributed by atoms with Crippen LogP contribution >= 0.6 is 0 Å². The summed E-state index contributed by atoms with van der Waals surface area (Å²) in [5.74, 6) is 0.0194. The molecule has 1 aliphatic heterocycles. The molecule has 0 unspecified atom stereocenters. The molecule has 1 saturated heterocycles. The number of nitrogens with zero attached hydrogens (tertiary/aromatic N) is 6. The van der Waals surface area contributed by atoms with Crippen LogP contribution in [0.2, 0.25) is 0 Å². The molecule has 1 N–H and O–H groups in total. The van der Waals surface area contributed by atoms with Gasteiger partial charge in [-0.05, 0) is 30.3 Å². The molecule has 1 fully saturated rings. The van der Waals surface area contributed by atoms with Crippen LogP contribution in [0.25, 0.3) is 22.3 Å². The van der Waals surface area contributed by atoms with Crippen LogP contribution in [-0.2, 0) is 6.54 Å². The van der Waals surface area contributed by atoms with Crippen LogP contribution in [0.4, 0.5) is 0 Å². The largest absolute Gasteiger partial charge is 0.345 e. The van der Waals surface area contributed by atoms with Crippen LogP contribution < -0.4 is 5.56 Å². The number of hydrogen-bond donors (Lipinski definition) is 1. The van der Waals surface area contributed by atoms with Gasteiger partial charge in [-0.1, -0.05) is 0 Å². The van der Waals surface area contributed by atoms with E-state index in [0.29, 0.717) is 31.7 Å². The summed E-state index contributed by atoms with van der Waals surface area (Å²) in [5, 5.41) is 5.34. The van der Waals surface area contributed by atoms with Crippen LogP contribution in [0.1, 0.15) is 10.4 Å². The number of piperazine rings is 1. The van der Waals surface area contributed by atoms with E-state index in [1.165, 1.54) is 4.68 Å². The lowest BCUT2D eigenvalue weighted by Crippen LogP contribution is -2.49. The zero-order valence-corrected chi connectivity index (χ0v) is 17.5. The number of fused-ring (bicyclic) bond motifs is 1. The fourth-order valence-electron chi connectivity index (χ4n) is 3.99. The smallest absolute Gasteiger partial charge is 0.266 e. The van der Waals surface area contributed by atoms with E-state index >= 15 is 0 Å². The number of H-pyrrole nitrogens is 1. The highest BCUT2D eigenvalue weighted by atomic mass is 16.2. The third-order valence-electron chi connectivity index (χ3n) is 5.79. The second kappa shape index (κ2) is 8.72. The maximum atomic E-state index is 13.0. The Morgan fingerprint density at radius 2 is 1.84 bits per heavy atom. The van der Waals surface area contributed by atoms with Crippen molar-refractivity contribution in [2.75, 3.05) is 32.7 Å². The molecule has 1 amide bonds. The number of rotatable bonds is 5. The molecule has 0 radical (unpaired) electrons. The topological polar surface area (TPSA) is 100 Å². The quantitative estimate of drug-likeness (QED) is 0.518. The van der Waals surface area contributed by atoms with Gasteiger partial charge in [-0.2, -0.15) is 5.10 Å². The standard InChI is InChI=1S/C23H23N7O2/c31-21-6-5-20(17-3-1-7-24-15-17)27-30(21)14-11-28-9-12-29(13-10-28)23(32)19-16-26-22-18(19)4-2-8-25-22/h1-8,15-16H,9-14H2,(H,25,26). The molecule has 4 aromatic heterocycles. The van der Waals surface area contributed by atoms with Gasteiger partial charge in [-0.25, -0.2) is 9.67 Å². The molecular weight excluding hydrogens is 406 g/mol. The fourth-order valence-corrected chi connectivity index (χ4v) is 3.99. The Kier molecular flexibility index (Phi) is 5.47. The highest BCUT2D eigenvalue weighted by Crippen LogP contribution is 2.18. The first-order valence-corrected chi connectivity index (χ1v) is 10.6. The molecule has 0 aromatic carbocycles. The van der Waals surface area contributed by atoms with Crippen LogP contribution in [0.3, 0.4) is 0 Å². The summed E-state index contributed by atoms with van der Waals surface area (Å²) in [4.78, 5) is 40.8. The Bertz CT molecular complexity index is 1290. The number of amides is 1. The molecule has 162 valence electrons. The van der Waals surface area contributed by atoms with Crippen molar-refractivity contribution < 1.29 is 4.79 Å². The van der Waals surface area contributed by atoms with Crippen LogP contribution in [0.5, 0.6) is 0 Å². The van der Waals surface area contributed by atoms with Gasteiger partial charge in [0, 0.05) is 74.5 Å². The third-order valence-corrected chi connectivity index (χ3v) is 5.79. The summed E-state index contributed by atoms with van der Waals surface area (Å²) in [6.07, 6.45) is 6.88. The van der Waals surface area contributed by atoms with Gasteiger partial charge < -0.3 is 9.88 Å². The van der Waals surface area contributed by atoms with Crippen molar-refractivity contribution in [2.45, 2.75) is 6.54 Å². The Morgan fingerprint density at radius 1 is 1.00 bits per heavy atom. The number of hydrogen-bond acceptors (Lipinski definition) is 6. The SMILES string of the molecule is O=C(c1c[nH]c2ncccc12)N1CCN(CCn2nc(-c3cccnc3)ccc2=O)CC1. The molecule has 0 bridgehead atoms. The zero-order valence-electron chi connectivity index (χ0n) is 17.5. The molecule has 5 rings (SSSR count). The van der Waals surface area contributed by atoms with E-state index < -0.39 is 0 Å². The van der Waals surface area contributed by atoms with Crippen molar-refractivity contribution in [1.29, 1.82) is 0 Å². The highest BCUT2D eigenvalue weighted by Gasteiger charge is 2.24. The molecule has 5 heterocycles. The van der Waals surface area contributed by atoms with Gasteiger partial charge in [0.25, 0.3) is 11.5 Å². The monoisotopic (exact) mass is 429 g/mol. The van der Waals surface area contributed by atoms with E-state index in [-0.39, 0.29) is 11.5 Å². The lowest BCUT2D eigenvalue weighted by atomic mass is 10.2. The van der Waals surface area contributed by atoms with Crippen LogP contribution in [0, 0.1) is 0 Å². The van der Waals surface area contributed by atoms with E-state index in [1.807, 2.05) is 29.2 Å². The minimum Gasteiger partial charge on any atom is -0.345 e. The molecule has 1 aliphatic rings. The number of aromatic nitrogens is 5. The lowest BCUT2D eigenvalue weighted by Gasteiger charge is -2.34. The molecule has 0 saturated carbocycles. The second-order valence-electron chi connectivity index (χ2n) is 7.76. The van der Waals surface area contributed by atoms with Crippen LogP contribution in [-0.4, -0.2) is 73.2 Å². The van der Waals surface area contributed by atoms with E-state index in [9.17, 15) is 9.59 Å². The second-order valence-corrected chi connectivity index (χ2v) is 7.76. The Balaban J connectivity index is 1.20. The van der Waals surface area contributed by atoms with Gasteiger partial charge in [0.1, 0.15) is 5.65 Å². The summed E-state index contributed by atoms with van der Waals surface area (Å²) in [7, 11) is 0. The normalized spacial score (nSPS) is 14.7.